The number of hydrogen-bond donors (Lipinski definition) is 0. The Morgan fingerprint density at radius 3 is 2.26 bits per heavy atom. The summed E-state index contributed by atoms with van der Waals surface area (Å²) in [6.07, 6.45) is 0. The Hall–Kier alpha value is -2.73. The lowest BCUT2D eigenvalue weighted by Crippen LogP contribution is -2.06. The van der Waals surface area contributed by atoms with Crippen LogP contribution in [0.5, 0.6) is 0 Å². The van der Waals surface area contributed by atoms with Gasteiger partial charge in [0, 0.05) is 15.6 Å². The van der Waals surface area contributed by atoms with Crippen LogP contribution in [-0.4, -0.2) is 17.8 Å². The molecule has 2 heterocycles. The maximum atomic E-state index is 12.1. The Labute approximate surface area is 139 Å². The third-order valence-corrected chi connectivity index (χ3v) is 4.02. The van der Waals surface area contributed by atoms with Crippen molar-refractivity contribution in [1.29, 1.82) is 0 Å². The molecule has 0 aromatic heterocycles. The number of esters is 2. The molecule has 112 valence electrons. The fourth-order valence-electron chi connectivity index (χ4n) is 2.40. The molecule has 0 radical (unpaired) electrons. The molecular formula is C17H8BrNO4. The van der Waals surface area contributed by atoms with Gasteiger partial charge in [-0.3, -0.25) is 0 Å². The van der Waals surface area contributed by atoms with Gasteiger partial charge in [-0.05, 0) is 30.3 Å². The van der Waals surface area contributed by atoms with Gasteiger partial charge in [-0.2, -0.15) is 0 Å². The summed E-state index contributed by atoms with van der Waals surface area (Å²) in [6, 6.07) is 14.0. The van der Waals surface area contributed by atoms with Crippen molar-refractivity contribution in [2.24, 2.45) is 4.99 Å². The lowest BCUT2D eigenvalue weighted by Gasteiger charge is -1.99. The number of aliphatic imine (C=N–C) groups is 1. The van der Waals surface area contributed by atoms with E-state index in [-0.39, 0.29) is 17.4 Å². The molecule has 4 rings (SSSR count). The van der Waals surface area contributed by atoms with Crippen molar-refractivity contribution in [3.05, 3.63) is 75.4 Å². The predicted molar refractivity (Wildman–Crippen MR) is 85.5 cm³/mol. The van der Waals surface area contributed by atoms with E-state index in [4.69, 9.17) is 9.47 Å². The van der Waals surface area contributed by atoms with Crippen LogP contribution in [0.3, 0.4) is 0 Å². The van der Waals surface area contributed by atoms with E-state index in [1.807, 2.05) is 12.1 Å². The summed E-state index contributed by atoms with van der Waals surface area (Å²) in [5, 5.41) is 0. The zero-order chi connectivity index (χ0) is 16.0. The molecule has 0 fully saturated rings. The maximum Gasteiger partial charge on any atom is 0.367 e. The lowest BCUT2D eigenvalue weighted by molar-refractivity contribution is -0.130. The summed E-state index contributed by atoms with van der Waals surface area (Å²) in [4.78, 5) is 28.2. The van der Waals surface area contributed by atoms with Gasteiger partial charge in [-0.1, -0.05) is 34.1 Å². The molecule has 23 heavy (non-hydrogen) atoms. The number of nitrogens with zero attached hydrogens (tertiary/aromatic N) is 1. The topological polar surface area (TPSA) is 65.0 Å². The number of benzene rings is 2. The predicted octanol–water partition coefficient (Wildman–Crippen LogP) is 3.29. The van der Waals surface area contributed by atoms with Gasteiger partial charge in [0.2, 0.25) is 5.90 Å². The molecule has 0 unspecified atom stereocenters. The number of ether oxygens (including phenoxy) is 2. The fourth-order valence-corrected chi connectivity index (χ4v) is 2.67. The standard InChI is InChI=1S/C17H8BrNO4/c18-10-7-5-9(6-8-10)15-19-13(17(21)23-15)14-11-3-1-2-4-12(11)16(20)22-14/h1-8H/b14-13-. The minimum atomic E-state index is -0.637. The van der Waals surface area contributed by atoms with Crippen molar-refractivity contribution < 1.29 is 19.1 Å². The molecule has 2 aliphatic rings. The summed E-state index contributed by atoms with van der Waals surface area (Å²) in [6.45, 7) is 0. The van der Waals surface area contributed by atoms with Gasteiger partial charge in [0.25, 0.3) is 0 Å². The van der Waals surface area contributed by atoms with E-state index < -0.39 is 11.9 Å². The first kappa shape index (κ1) is 13.9. The van der Waals surface area contributed by atoms with Gasteiger partial charge in [-0.25, -0.2) is 14.6 Å². The lowest BCUT2D eigenvalue weighted by atomic mass is 10.1. The quantitative estimate of drug-likeness (QED) is 0.571. The molecule has 2 aliphatic heterocycles. The molecule has 0 amide bonds. The highest BCUT2D eigenvalue weighted by molar-refractivity contribution is 9.10. The zero-order valence-electron chi connectivity index (χ0n) is 11.6. The first-order chi connectivity index (χ1) is 11.1. The van der Waals surface area contributed by atoms with E-state index in [1.54, 1.807) is 36.4 Å². The van der Waals surface area contributed by atoms with Crippen molar-refractivity contribution in [3.8, 4) is 0 Å². The van der Waals surface area contributed by atoms with Gasteiger partial charge in [0.05, 0.1) is 5.56 Å². The van der Waals surface area contributed by atoms with Gasteiger partial charge < -0.3 is 9.47 Å². The van der Waals surface area contributed by atoms with E-state index in [0.717, 1.165) is 4.47 Å². The molecule has 0 N–H and O–H groups in total. The summed E-state index contributed by atoms with van der Waals surface area (Å²) in [5.41, 5.74) is 1.62. The van der Waals surface area contributed by atoms with Crippen molar-refractivity contribution in [2.45, 2.75) is 0 Å². The Morgan fingerprint density at radius 2 is 1.52 bits per heavy atom. The van der Waals surface area contributed by atoms with Crippen molar-refractivity contribution in [2.75, 3.05) is 0 Å². The molecule has 6 heteroatoms. The molecule has 0 spiro atoms. The van der Waals surface area contributed by atoms with Gasteiger partial charge in [-0.15, -0.1) is 0 Å². The second kappa shape index (κ2) is 5.17. The molecule has 2 aromatic carbocycles. The molecule has 2 aromatic rings. The monoisotopic (exact) mass is 369 g/mol. The molecule has 0 aliphatic carbocycles. The highest BCUT2D eigenvalue weighted by Crippen LogP contribution is 2.34. The Balaban J connectivity index is 1.82. The van der Waals surface area contributed by atoms with E-state index in [1.165, 1.54) is 0 Å². The van der Waals surface area contributed by atoms with Crippen LogP contribution in [0.25, 0.3) is 5.76 Å². The second-order valence-corrected chi connectivity index (χ2v) is 5.84. The van der Waals surface area contributed by atoms with Crippen LogP contribution >= 0.6 is 15.9 Å². The first-order valence-corrected chi connectivity index (χ1v) is 7.55. The van der Waals surface area contributed by atoms with Gasteiger partial charge >= 0.3 is 11.9 Å². The van der Waals surface area contributed by atoms with Crippen LogP contribution in [0, 0.1) is 0 Å². The van der Waals surface area contributed by atoms with E-state index >= 15 is 0 Å². The number of hydrogen-bond acceptors (Lipinski definition) is 5. The average molecular weight is 370 g/mol. The highest BCUT2D eigenvalue weighted by atomic mass is 79.9. The Morgan fingerprint density at radius 1 is 0.826 bits per heavy atom. The molecular weight excluding hydrogens is 362 g/mol. The minimum Gasteiger partial charge on any atom is -0.420 e. The first-order valence-electron chi connectivity index (χ1n) is 6.76. The van der Waals surface area contributed by atoms with Crippen molar-refractivity contribution in [1.82, 2.24) is 0 Å². The number of rotatable bonds is 1. The Bertz CT molecular complexity index is 912. The van der Waals surface area contributed by atoms with Crippen LogP contribution in [0.4, 0.5) is 0 Å². The van der Waals surface area contributed by atoms with Crippen LogP contribution in [0.2, 0.25) is 0 Å². The summed E-state index contributed by atoms with van der Waals surface area (Å²) < 4.78 is 11.3. The van der Waals surface area contributed by atoms with Gasteiger partial charge in [0.1, 0.15) is 0 Å². The van der Waals surface area contributed by atoms with Crippen molar-refractivity contribution in [3.63, 3.8) is 0 Å². The number of cyclic esters (lactones) is 2. The summed E-state index contributed by atoms with van der Waals surface area (Å²) >= 11 is 3.34. The van der Waals surface area contributed by atoms with E-state index in [0.29, 0.717) is 16.7 Å². The van der Waals surface area contributed by atoms with Crippen LogP contribution in [-0.2, 0) is 14.3 Å². The van der Waals surface area contributed by atoms with Gasteiger partial charge in [0.15, 0.2) is 11.5 Å². The molecule has 0 saturated carbocycles. The van der Waals surface area contributed by atoms with Crippen LogP contribution in [0.1, 0.15) is 21.5 Å². The third kappa shape index (κ3) is 2.27. The smallest absolute Gasteiger partial charge is 0.367 e. The minimum absolute atomic E-state index is 0.00113. The maximum absolute atomic E-state index is 12.1. The normalized spacial score (nSPS) is 19.3. The summed E-state index contributed by atoms with van der Waals surface area (Å²) in [5.74, 6) is -0.807. The molecule has 5 nitrogen and oxygen atoms in total. The highest BCUT2D eigenvalue weighted by Gasteiger charge is 2.35. The summed E-state index contributed by atoms with van der Waals surface area (Å²) in [7, 11) is 0. The second-order valence-electron chi connectivity index (χ2n) is 4.93. The fraction of sp³-hybridized carbons (Fsp3) is 0. The largest absolute Gasteiger partial charge is 0.420 e. The number of carbonyl (C=O) groups is 2. The molecule has 0 atom stereocenters. The molecule has 0 saturated heterocycles. The average Bonchev–Trinajstić information content (AvgIpc) is 3.09. The number of fused-ring (bicyclic) bond motifs is 1. The van der Waals surface area contributed by atoms with Crippen molar-refractivity contribution >= 4 is 39.5 Å². The number of carbonyl (C=O) groups excluding carboxylic acids is 2. The third-order valence-electron chi connectivity index (χ3n) is 3.49. The molecule has 0 bridgehead atoms. The van der Waals surface area contributed by atoms with Crippen LogP contribution < -0.4 is 0 Å². The Kier molecular flexibility index (Phi) is 3.12. The number of halogens is 1. The SMILES string of the molecule is O=C1OC(c2ccc(Br)cc2)=N/C1=C1\OC(=O)c2ccccc21. The zero-order valence-corrected chi connectivity index (χ0v) is 13.2. The van der Waals surface area contributed by atoms with E-state index in [9.17, 15) is 9.59 Å². The van der Waals surface area contributed by atoms with Crippen LogP contribution in [0.15, 0.2) is 63.7 Å². The van der Waals surface area contributed by atoms with E-state index in [2.05, 4.69) is 20.9 Å².